The second-order valence-corrected chi connectivity index (χ2v) is 46.1. The summed E-state index contributed by atoms with van der Waals surface area (Å²) in [4.78, 5) is 30.5. The van der Waals surface area contributed by atoms with Gasteiger partial charge in [-0.05, 0) is 135 Å². The van der Waals surface area contributed by atoms with Crippen molar-refractivity contribution in [1.82, 2.24) is 0 Å². The highest BCUT2D eigenvalue weighted by molar-refractivity contribution is 7.00. The number of ketones is 2. The van der Waals surface area contributed by atoms with Crippen molar-refractivity contribution < 1.29 is 51.3 Å². The molecule has 7 aliphatic heterocycles. The number of hydrogen-bond donors (Lipinski definition) is 0. The highest BCUT2D eigenvalue weighted by Crippen LogP contribution is 2.50. The number of carbonyl (C=O) groups is 2. The topological polar surface area (TPSA) is 117 Å². The van der Waals surface area contributed by atoms with E-state index in [0.717, 1.165) is 57.6 Å². The Morgan fingerprint density at radius 3 is 1.56 bits per heavy atom. The van der Waals surface area contributed by atoms with Crippen LogP contribution in [-0.4, -0.2) is 129 Å². The molecule has 7 fully saturated rings. The van der Waals surface area contributed by atoms with Crippen molar-refractivity contribution in [3.8, 4) is 0 Å². The van der Waals surface area contributed by atoms with Gasteiger partial charge in [0.05, 0.1) is 54.9 Å². The van der Waals surface area contributed by atoms with E-state index in [1.807, 2.05) is 0 Å². The molecule has 11 nitrogen and oxygen atoms in total. The fraction of sp³-hybridized carbons (Fsp3) is 0.620. The zero-order chi connectivity index (χ0) is 66.4. The first-order chi connectivity index (χ1) is 44.1. The largest absolute Gasteiger partial charge is 0.417 e. The van der Waals surface area contributed by atoms with Crippen LogP contribution in [0.1, 0.15) is 167 Å². The predicted octanol–water partition coefficient (Wildman–Crippen LogP) is 14.4. The fourth-order valence-electron chi connectivity index (χ4n) is 16.9. The lowest BCUT2D eigenvalue weighted by atomic mass is 9.78. The third-order valence-corrected chi connectivity index (χ3v) is 37.7. The van der Waals surface area contributed by atoms with Crippen LogP contribution < -0.4 is 20.7 Å². The Bertz CT molecular complexity index is 3100. The van der Waals surface area contributed by atoms with Crippen LogP contribution in [0.4, 0.5) is 0 Å². The molecule has 8 bridgehead atoms. The molecule has 93 heavy (non-hydrogen) atoms. The summed E-state index contributed by atoms with van der Waals surface area (Å²) in [5.41, 5.74) is 2.18. The van der Waals surface area contributed by atoms with Gasteiger partial charge in [-0.2, -0.15) is 0 Å². The van der Waals surface area contributed by atoms with E-state index in [9.17, 15) is 0 Å². The summed E-state index contributed by atoms with van der Waals surface area (Å²) in [6.45, 7) is 42.2. The molecule has 7 heterocycles. The van der Waals surface area contributed by atoms with E-state index in [1.165, 1.54) is 0 Å². The summed E-state index contributed by atoms with van der Waals surface area (Å²) in [5.74, 6) is 0.861. The molecule has 11 rings (SSSR count). The van der Waals surface area contributed by atoms with Gasteiger partial charge in [0.25, 0.3) is 16.6 Å². The van der Waals surface area contributed by atoms with E-state index in [-0.39, 0.29) is 89.7 Å². The molecule has 18 atom stereocenters. The van der Waals surface area contributed by atoms with E-state index < -0.39 is 83.9 Å². The van der Waals surface area contributed by atoms with E-state index >= 15 is 9.59 Å². The Kier molecular flexibility index (Phi) is 21.5. The molecule has 0 N–H and O–H groups in total. The van der Waals surface area contributed by atoms with Gasteiger partial charge in [0, 0.05) is 38.7 Å². The lowest BCUT2D eigenvalue weighted by Crippen LogP contribution is -2.73. The maximum Gasteiger partial charge on any atom is 0.261 e. The first kappa shape index (κ1) is 70.3. The number of hydrogen-bond acceptors (Lipinski definition) is 11. The number of ether oxygens (including phenoxy) is 6. The number of Topliss-reactive ketones (excluding diaryl/α,β-unsaturated/α-hetero) is 2. The van der Waals surface area contributed by atoms with Gasteiger partial charge in [-0.15, -0.1) is 0 Å². The molecular formula is C79H112O11Si3. The van der Waals surface area contributed by atoms with Crippen molar-refractivity contribution in [2.45, 2.75) is 280 Å². The summed E-state index contributed by atoms with van der Waals surface area (Å²) in [6, 6.07) is 43.0. The third-order valence-electron chi connectivity index (χ3n) is 23.1. The van der Waals surface area contributed by atoms with Gasteiger partial charge in [-0.1, -0.05) is 218 Å². The average Bonchev–Trinajstić information content (AvgIpc) is 1.71. The second-order valence-electron chi connectivity index (χ2n) is 32.8. The molecule has 506 valence electrons. The van der Waals surface area contributed by atoms with E-state index in [2.05, 4.69) is 231 Å². The summed E-state index contributed by atoms with van der Waals surface area (Å²) in [6.07, 6.45) is 1.97. The molecule has 0 aliphatic carbocycles. The quantitative estimate of drug-likeness (QED) is 0.0941. The zero-order valence-electron chi connectivity index (χ0n) is 58.7. The van der Waals surface area contributed by atoms with E-state index in [0.29, 0.717) is 51.6 Å². The fourth-order valence-corrected chi connectivity index (χ4v) is 27.4. The molecule has 7 aliphatic rings. The van der Waals surface area contributed by atoms with Crippen LogP contribution in [0.5, 0.6) is 0 Å². The predicted molar refractivity (Wildman–Crippen MR) is 379 cm³/mol. The maximum absolute atomic E-state index is 15.4. The Morgan fingerprint density at radius 2 is 1.01 bits per heavy atom. The van der Waals surface area contributed by atoms with Gasteiger partial charge in [-0.3, -0.25) is 9.59 Å². The number of fused-ring (bicyclic) bond motifs is 7. The minimum Gasteiger partial charge on any atom is -0.417 e. The van der Waals surface area contributed by atoms with Gasteiger partial charge in [-0.25, -0.2) is 0 Å². The molecule has 7 saturated heterocycles. The molecule has 0 aromatic heterocycles. The first-order valence-electron chi connectivity index (χ1n) is 35.6. The minimum atomic E-state index is -3.37. The van der Waals surface area contributed by atoms with Crippen molar-refractivity contribution in [2.24, 2.45) is 23.7 Å². The smallest absolute Gasteiger partial charge is 0.261 e. The number of rotatable bonds is 13. The van der Waals surface area contributed by atoms with Crippen molar-refractivity contribution in [2.75, 3.05) is 6.61 Å². The maximum atomic E-state index is 15.4. The van der Waals surface area contributed by atoms with Crippen LogP contribution in [0.15, 0.2) is 146 Å². The summed E-state index contributed by atoms with van der Waals surface area (Å²) < 4.78 is 67.8. The Labute approximate surface area is 561 Å². The summed E-state index contributed by atoms with van der Waals surface area (Å²) >= 11 is 0. The van der Waals surface area contributed by atoms with Crippen LogP contribution in [0.2, 0.25) is 28.2 Å². The van der Waals surface area contributed by atoms with Crippen LogP contribution in [-0.2, 0) is 51.3 Å². The summed E-state index contributed by atoms with van der Waals surface area (Å²) in [5, 5.41) is 3.84. The van der Waals surface area contributed by atoms with E-state index in [4.69, 9.17) is 41.7 Å². The first-order valence-corrected chi connectivity index (χ1v) is 42.3. The van der Waals surface area contributed by atoms with Gasteiger partial charge in [0.1, 0.15) is 42.1 Å². The molecule has 4 unspecified atom stereocenters. The van der Waals surface area contributed by atoms with Gasteiger partial charge < -0.3 is 41.7 Å². The van der Waals surface area contributed by atoms with Gasteiger partial charge >= 0.3 is 0 Å². The van der Waals surface area contributed by atoms with Gasteiger partial charge in [0.15, 0.2) is 8.32 Å². The minimum absolute atomic E-state index is 0.00878. The zero-order valence-corrected chi connectivity index (χ0v) is 61.7. The Hall–Kier alpha value is -4.01. The van der Waals surface area contributed by atoms with Crippen molar-refractivity contribution in [1.29, 1.82) is 0 Å². The van der Waals surface area contributed by atoms with Crippen LogP contribution in [0, 0.1) is 23.7 Å². The van der Waals surface area contributed by atoms with Crippen LogP contribution in [0.3, 0.4) is 0 Å². The molecule has 0 radical (unpaired) electrons. The normalized spacial score (nSPS) is 33.3. The Morgan fingerprint density at radius 1 is 0.505 bits per heavy atom. The SMILES string of the molecule is C=C1C[C@@H]2CCC(=O)C[C@H]3O[C@H]4[C@@H](O[Si](c5ccccc5)(c5ccccc5)C(C)(C)C)[C@H]5O[C@H](CC[C@@H]5O[C@H]4[C@H]3O[Si](c3ccccc3)(c3ccccc3)C(C)(C)C)CC(=O)CC3[C@@H](C)C(C[C@H](C)CO[Si](C)(C)C(C)(C)C)O[C@H]3CC3O[C@@H](CCC1O2)C[C@@H](C)C3=C. The number of carbonyl (C=O) groups excluding carboxylic acids is 2. The lowest BCUT2D eigenvalue weighted by Gasteiger charge is -2.53. The highest BCUT2D eigenvalue weighted by Gasteiger charge is 2.65. The molecule has 0 saturated carbocycles. The van der Waals surface area contributed by atoms with Crippen molar-refractivity contribution in [3.63, 3.8) is 0 Å². The molecule has 4 aromatic rings. The highest BCUT2D eigenvalue weighted by atomic mass is 28.4. The van der Waals surface area contributed by atoms with E-state index in [1.54, 1.807) is 0 Å². The summed E-state index contributed by atoms with van der Waals surface area (Å²) in [7, 11) is -8.68. The average molecular weight is 1320 g/mol. The number of benzene rings is 4. The second kappa shape index (κ2) is 28.4. The standard InChI is InChI=1S/C79H112O11Si3/c1-51(50-82-91(15,16)77(6,7)8)43-68-55(5)65-47-57(81)46-60-40-42-67-72(85-60)76(90-93(79(12,13)14,63-33-25-19-26-34-63)64-35-27-20-28-36-64)75-74(87-67)73(89-92(78(9,10)11,61-29-21-17-22-30-61)62-31-23-18-24-32-62)71(88-75)48-56(80)37-38-58-45-53(3)66(83-58)41-39-59-44-52(2)54(4)69(84-59)49-70(65)86-68/h17-36,51-52,55,58-60,65-76H,3-4,37-50H2,1-2,5-16H3/t51-,52+,55+,58-,59-,60+,65?,66?,67-,68?,69?,70-,71+,72-,73-,74-,75+,76-/m0/s1. The monoisotopic (exact) mass is 1320 g/mol. The van der Waals surface area contributed by atoms with Gasteiger partial charge in [0.2, 0.25) is 0 Å². The van der Waals surface area contributed by atoms with Crippen molar-refractivity contribution >= 4 is 57.3 Å². The molecule has 14 heteroatoms. The Balaban J connectivity index is 0.991. The molecule has 0 amide bonds. The third kappa shape index (κ3) is 14.8. The molecule has 4 aromatic carbocycles. The molecular weight excluding hydrogens is 1210 g/mol. The molecule has 0 spiro atoms. The van der Waals surface area contributed by atoms with Crippen LogP contribution >= 0.6 is 0 Å². The lowest BCUT2D eigenvalue weighted by molar-refractivity contribution is -0.254. The van der Waals surface area contributed by atoms with Crippen molar-refractivity contribution in [3.05, 3.63) is 146 Å². The van der Waals surface area contributed by atoms with Crippen LogP contribution in [0.25, 0.3) is 0 Å².